The first-order chi connectivity index (χ1) is 14.9. The zero-order valence-electron chi connectivity index (χ0n) is 17.1. The fraction of sp³-hybridized carbons (Fsp3) is 0.318. The van der Waals surface area contributed by atoms with Crippen LogP contribution in [0.4, 0.5) is 5.69 Å². The molecule has 1 fully saturated rings. The Bertz CT molecular complexity index is 1180. The van der Waals surface area contributed by atoms with E-state index in [2.05, 4.69) is 10.0 Å². The molecular formula is C22H23N3O5S. The standard InChI is InChI=1S/C22H23N3O5S/c1-29-17-6-7-20-18(13-17)23-22(24-31(20,27)28)8-10-25(11-9-22)21(26)16-12-15-4-2-3-5-19(15)30-14-16/h2-7,12-13,23-24H,8-11,14H2,1H3. The normalized spacial score (nSPS) is 20.5. The van der Waals surface area contributed by atoms with Gasteiger partial charge in [-0.05, 0) is 24.3 Å². The van der Waals surface area contributed by atoms with Gasteiger partial charge in [-0.1, -0.05) is 18.2 Å². The van der Waals surface area contributed by atoms with Gasteiger partial charge in [0.1, 0.15) is 28.7 Å². The summed E-state index contributed by atoms with van der Waals surface area (Å²) in [6.45, 7) is 1.08. The second-order valence-electron chi connectivity index (χ2n) is 7.96. The number of hydrogen-bond acceptors (Lipinski definition) is 6. The summed E-state index contributed by atoms with van der Waals surface area (Å²) in [7, 11) is -2.13. The number of benzene rings is 2. The van der Waals surface area contributed by atoms with Crippen molar-refractivity contribution in [1.82, 2.24) is 9.62 Å². The van der Waals surface area contributed by atoms with Crippen molar-refractivity contribution in [3.8, 4) is 11.5 Å². The van der Waals surface area contributed by atoms with Crippen LogP contribution < -0.4 is 19.5 Å². The van der Waals surface area contributed by atoms with E-state index in [4.69, 9.17) is 9.47 Å². The second-order valence-corrected chi connectivity index (χ2v) is 9.61. The van der Waals surface area contributed by atoms with E-state index in [9.17, 15) is 13.2 Å². The number of rotatable bonds is 2. The summed E-state index contributed by atoms with van der Waals surface area (Å²) < 4.78 is 39.4. The van der Waals surface area contributed by atoms with E-state index in [0.29, 0.717) is 42.9 Å². The molecule has 2 aromatic rings. The zero-order chi connectivity index (χ0) is 21.6. The van der Waals surface area contributed by atoms with Gasteiger partial charge in [0.2, 0.25) is 10.0 Å². The predicted molar refractivity (Wildman–Crippen MR) is 115 cm³/mol. The molecule has 0 radical (unpaired) electrons. The molecule has 2 N–H and O–H groups in total. The maximum Gasteiger partial charge on any atom is 0.253 e. The van der Waals surface area contributed by atoms with E-state index in [1.165, 1.54) is 6.07 Å². The van der Waals surface area contributed by atoms with E-state index in [-0.39, 0.29) is 17.4 Å². The highest BCUT2D eigenvalue weighted by Crippen LogP contribution is 2.37. The van der Waals surface area contributed by atoms with Gasteiger partial charge in [0.15, 0.2) is 0 Å². The van der Waals surface area contributed by atoms with E-state index < -0.39 is 15.7 Å². The number of carbonyl (C=O) groups excluding carboxylic acids is 1. The van der Waals surface area contributed by atoms with Crippen LogP contribution in [0.1, 0.15) is 18.4 Å². The van der Waals surface area contributed by atoms with Crippen molar-refractivity contribution < 1.29 is 22.7 Å². The molecule has 0 saturated carbocycles. The average molecular weight is 442 g/mol. The lowest BCUT2D eigenvalue weighted by molar-refractivity contribution is -0.128. The number of nitrogens with zero attached hydrogens (tertiary/aromatic N) is 1. The van der Waals surface area contributed by atoms with Gasteiger partial charge in [-0.2, -0.15) is 4.72 Å². The molecule has 1 amide bonds. The first-order valence-electron chi connectivity index (χ1n) is 10.1. The fourth-order valence-corrected chi connectivity index (χ4v) is 5.85. The molecule has 3 aliphatic heterocycles. The first kappa shape index (κ1) is 19.9. The van der Waals surface area contributed by atoms with Crippen LogP contribution in [0.25, 0.3) is 6.08 Å². The predicted octanol–water partition coefficient (Wildman–Crippen LogP) is 2.19. The molecule has 8 nitrogen and oxygen atoms in total. The van der Waals surface area contributed by atoms with Gasteiger partial charge in [0, 0.05) is 37.6 Å². The lowest BCUT2D eigenvalue weighted by Crippen LogP contribution is -2.62. The average Bonchev–Trinajstić information content (AvgIpc) is 2.78. The Labute approximate surface area is 180 Å². The number of nitrogens with one attached hydrogen (secondary N) is 2. The SMILES string of the molecule is COc1ccc2c(c1)NC1(CCN(C(=O)C3=Cc4ccccc4OC3)CC1)NS2(=O)=O. The lowest BCUT2D eigenvalue weighted by Gasteiger charge is -2.45. The van der Waals surface area contributed by atoms with E-state index in [1.54, 1.807) is 24.1 Å². The molecular weight excluding hydrogens is 418 g/mol. The van der Waals surface area contributed by atoms with Crippen molar-refractivity contribution in [2.24, 2.45) is 0 Å². The lowest BCUT2D eigenvalue weighted by atomic mass is 9.96. The highest BCUT2D eigenvalue weighted by Gasteiger charge is 2.44. The Kier molecular flexibility index (Phi) is 4.67. The van der Waals surface area contributed by atoms with Gasteiger partial charge >= 0.3 is 0 Å². The maximum atomic E-state index is 13.0. The zero-order valence-corrected chi connectivity index (χ0v) is 17.9. The molecule has 1 saturated heterocycles. The second kappa shape index (κ2) is 7.28. The van der Waals surface area contributed by atoms with E-state index >= 15 is 0 Å². The number of sulfonamides is 1. The van der Waals surface area contributed by atoms with Crippen LogP contribution in [0, 0.1) is 0 Å². The fourth-order valence-electron chi connectivity index (χ4n) is 4.32. The number of amides is 1. The number of methoxy groups -OCH3 is 1. The number of carbonyl (C=O) groups is 1. The third kappa shape index (κ3) is 3.53. The van der Waals surface area contributed by atoms with Gasteiger partial charge in [0.25, 0.3) is 5.91 Å². The molecule has 0 unspecified atom stereocenters. The van der Waals surface area contributed by atoms with Gasteiger partial charge in [-0.3, -0.25) is 4.79 Å². The highest BCUT2D eigenvalue weighted by molar-refractivity contribution is 7.89. The van der Waals surface area contributed by atoms with Crippen LogP contribution in [0.5, 0.6) is 11.5 Å². The Morgan fingerprint density at radius 3 is 2.71 bits per heavy atom. The summed E-state index contributed by atoms with van der Waals surface area (Å²) in [5, 5.41) is 3.35. The van der Waals surface area contributed by atoms with Gasteiger partial charge in [-0.25, -0.2) is 8.42 Å². The summed E-state index contributed by atoms with van der Waals surface area (Å²) in [5.74, 6) is 1.27. The van der Waals surface area contributed by atoms with Crippen molar-refractivity contribution in [2.75, 3.05) is 32.1 Å². The number of likely N-dealkylation sites (tertiary alicyclic amines) is 1. The molecule has 9 heteroatoms. The molecule has 0 bridgehead atoms. The molecule has 0 aliphatic carbocycles. The van der Waals surface area contributed by atoms with Gasteiger partial charge < -0.3 is 19.7 Å². The first-order valence-corrected chi connectivity index (χ1v) is 11.6. The largest absolute Gasteiger partial charge is 0.497 e. The molecule has 2 aromatic carbocycles. The third-order valence-corrected chi connectivity index (χ3v) is 7.59. The molecule has 5 rings (SSSR count). The molecule has 31 heavy (non-hydrogen) atoms. The summed E-state index contributed by atoms with van der Waals surface area (Å²) in [6.07, 6.45) is 2.76. The molecule has 3 heterocycles. The Hall–Kier alpha value is -3.04. The minimum atomic E-state index is -3.67. The van der Waals surface area contributed by atoms with Crippen LogP contribution in [0.15, 0.2) is 52.9 Å². The number of anilines is 1. The van der Waals surface area contributed by atoms with Crippen molar-refractivity contribution in [3.63, 3.8) is 0 Å². The van der Waals surface area contributed by atoms with Crippen LogP contribution in [0.3, 0.4) is 0 Å². The number of piperidine rings is 1. The number of hydrogen-bond donors (Lipinski definition) is 2. The minimum Gasteiger partial charge on any atom is -0.497 e. The molecule has 0 aromatic heterocycles. The van der Waals surface area contributed by atoms with Crippen LogP contribution in [0.2, 0.25) is 0 Å². The number of ether oxygens (including phenoxy) is 2. The summed E-state index contributed by atoms with van der Waals surface area (Å²) >= 11 is 0. The van der Waals surface area contributed by atoms with Crippen molar-refractivity contribution in [2.45, 2.75) is 23.4 Å². The van der Waals surface area contributed by atoms with Crippen LogP contribution in [-0.2, 0) is 14.8 Å². The third-order valence-electron chi connectivity index (χ3n) is 5.99. The summed E-state index contributed by atoms with van der Waals surface area (Å²) in [6, 6.07) is 12.4. The van der Waals surface area contributed by atoms with Crippen LogP contribution >= 0.6 is 0 Å². The van der Waals surface area contributed by atoms with Crippen molar-refractivity contribution >= 4 is 27.7 Å². The van der Waals surface area contributed by atoms with Gasteiger partial charge in [-0.15, -0.1) is 0 Å². The number of fused-ring (bicyclic) bond motifs is 2. The molecule has 1 spiro atoms. The van der Waals surface area contributed by atoms with Crippen LogP contribution in [-0.4, -0.2) is 51.7 Å². The quantitative estimate of drug-likeness (QED) is 0.742. The molecule has 3 aliphatic rings. The summed E-state index contributed by atoms with van der Waals surface area (Å²) in [5.41, 5.74) is 1.16. The molecule has 162 valence electrons. The highest BCUT2D eigenvalue weighted by atomic mass is 32.2. The monoisotopic (exact) mass is 441 g/mol. The Balaban J connectivity index is 1.33. The van der Waals surface area contributed by atoms with Gasteiger partial charge in [0.05, 0.1) is 18.4 Å². The Morgan fingerprint density at radius 1 is 1.16 bits per heavy atom. The van der Waals surface area contributed by atoms with Crippen molar-refractivity contribution in [1.29, 1.82) is 0 Å². The van der Waals surface area contributed by atoms with E-state index in [1.807, 2.05) is 30.3 Å². The smallest absolute Gasteiger partial charge is 0.253 e. The maximum absolute atomic E-state index is 13.0. The Morgan fingerprint density at radius 2 is 1.94 bits per heavy atom. The van der Waals surface area contributed by atoms with E-state index in [0.717, 1.165) is 11.3 Å². The van der Waals surface area contributed by atoms with Crippen molar-refractivity contribution in [3.05, 3.63) is 53.6 Å². The summed E-state index contributed by atoms with van der Waals surface area (Å²) in [4.78, 5) is 15.0. The molecule has 0 atom stereocenters. The number of para-hydroxylation sites is 1. The topological polar surface area (TPSA) is 97.0 Å². The minimum absolute atomic E-state index is 0.0786.